The van der Waals surface area contributed by atoms with E-state index in [4.69, 9.17) is 9.84 Å². The van der Waals surface area contributed by atoms with Crippen LogP contribution in [0.2, 0.25) is 0 Å². The number of carboxylic acids is 2. The molecule has 21 heavy (non-hydrogen) atoms. The second-order valence-corrected chi connectivity index (χ2v) is 6.02. The Balaban J connectivity index is 3.04. The van der Waals surface area contributed by atoms with Gasteiger partial charge in [-0.2, -0.15) is 0 Å². The van der Waals surface area contributed by atoms with Gasteiger partial charge in [0.2, 0.25) is 0 Å². The number of alkyl carbamates (subject to hydrolysis) is 1. The van der Waals surface area contributed by atoms with E-state index in [1.165, 1.54) is 19.1 Å². The summed E-state index contributed by atoms with van der Waals surface area (Å²) >= 11 is 0. The molecule has 7 nitrogen and oxygen atoms in total. The Morgan fingerprint density at radius 3 is 2.24 bits per heavy atom. The fourth-order valence-corrected chi connectivity index (χ4v) is 1.83. The number of rotatable bonds is 3. The van der Waals surface area contributed by atoms with Crippen LogP contribution < -0.4 is 5.32 Å². The third kappa shape index (κ3) is 4.08. The zero-order valence-corrected chi connectivity index (χ0v) is 12.4. The summed E-state index contributed by atoms with van der Waals surface area (Å²) in [4.78, 5) is 34.2. The van der Waals surface area contributed by atoms with Crippen LogP contribution in [-0.4, -0.2) is 33.8 Å². The monoisotopic (exact) mass is 297 g/mol. The van der Waals surface area contributed by atoms with Gasteiger partial charge < -0.3 is 14.9 Å². The molecule has 0 aromatic heterocycles. The molecule has 1 aliphatic carbocycles. The van der Waals surface area contributed by atoms with Gasteiger partial charge in [-0.15, -0.1) is 0 Å². The lowest BCUT2D eigenvalue weighted by Crippen LogP contribution is -2.42. The van der Waals surface area contributed by atoms with E-state index in [1.807, 2.05) is 0 Å². The van der Waals surface area contributed by atoms with E-state index in [9.17, 15) is 19.5 Å². The molecule has 116 valence electrons. The summed E-state index contributed by atoms with van der Waals surface area (Å²) in [7, 11) is 0. The van der Waals surface area contributed by atoms with Gasteiger partial charge in [0.25, 0.3) is 0 Å². The largest absolute Gasteiger partial charge is 0.481 e. The Hall–Kier alpha value is -2.31. The van der Waals surface area contributed by atoms with Crippen molar-refractivity contribution in [3.8, 4) is 0 Å². The van der Waals surface area contributed by atoms with E-state index in [0.717, 1.165) is 0 Å². The van der Waals surface area contributed by atoms with Gasteiger partial charge in [-0.1, -0.05) is 0 Å². The maximum atomic E-state index is 11.7. The molecule has 0 aromatic carbocycles. The number of carbonyl (C=O) groups excluding carboxylic acids is 1. The zero-order chi connectivity index (χ0) is 16.4. The number of ether oxygens (including phenoxy) is 1. The number of hydrogen-bond acceptors (Lipinski definition) is 4. The van der Waals surface area contributed by atoms with Gasteiger partial charge in [0, 0.05) is 17.7 Å². The van der Waals surface area contributed by atoms with Crippen LogP contribution in [0.3, 0.4) is 0 Å². The molecule has 0 spiro atoms. The third-order valence-electron chi connectivity index (χ3n) is 2.97. The van der Waals surface area contributed by atoms with Crippen molar-refractivity contribution in [2.75, 3.05) is 0 Å². The van der Waals surface area contributed by atoms with E-state index < -0.39 is 29.0 Å². The average molecular weight is 297 g/mol. The molecule has 0 bridgehead atoms. The van der Waals surface area contributed by atoms with Gasteiger partial charge in [0.05, 0.1) is 0 Å². The molecule has 0 heterocycles. The molecule has 0 saturated carbocycles. The molecule has 7 heteroatoms. The zero-order valence-electron chi connectivity index (χ0n) is 12.4. The molecular weight excluding hydrogens is 278 g/mol. The molecule has 0 saturated heterocycles. The Morgan fingerprint density at radius 1 is 1.24 bits per heavy atom. The summed E-state index contributed by atoms with van der Waals surface area (Å²) in [6, 6.07) is 0. The average Bonchev–Trinajstić information content (AvgIpc) is 2.28. The molecule has 1 amide bonds. The van der Waals surface area contributed by atoms with Crippen molar-refractivity contribution in [1.82, 2.24) is 5.32 Å². The number of nitrogens with one attached hydrogen (secondary N) is 1. The number of hydrogen-bond donors (Lipinski definition) is 3. The van der Waals surface area contributed by atoms with E-state index in [1.54, 1.807) is 20.8 Å². The number of allylic oxidation sites excluding steroid dienone is 2. The van der Waals surface area contributed by atoms with E-state index in [-0.39, 0.29) is 17.7 Å². The SMILES string of the molecule is CC(C)(C)OC(=O)NC1=CC=C(C(=O)O)CC1(C)C(=O)O. The Labute approximate surface area is 122 Å². The number of carboxylic acid groups (broad SMARTS) is 2. The highest BCUT2D eigenvalue weighted by atomic mass is 16.6. The van der Waals surface area contributed by atoms with Gasteiger partial charge in [-0.3, -0.25) is 10.1 Å². The van der Waals surface area contributed by atoms with Crippen LogP contribution in [0.1, 0.15) is 34.1 Å². The molecule has 0 radical (unpaired) electrons. The van der Waals surface area contributed by atoms with E-state index >= 15 is 0 Å². The van der Waals surface area contributed by atoms with Crippen LogP contribution in [0.25, 0.3) is 0 Å². The standard InChI is InChI=1S/C14H19NO6/c1-13(2,3)21-12(20)15-9-6-5-8(10(16)17)7-14(9,4)11(18)19/h5-6H,7H2,1-4H3,(H,15,20)(H,16,17)(H,18,19). The lowest BCUT2D eigenvalue weighted by molar-refractivity contribution is -0.146. The van der Waals surface area contributed by atoms with Gasteiger partial charge in [0.15, 0.2) is 0 Å². The third-order valence-corrected chi connectivity index (χ3v) is 2.97. The number of amides is 1. The second kappa shape index (κ2) is 5.59. The highest BCUT2D eigenvalue weighted by Crippen LogP contribution is 2.36. The molecule has 1 rings (SSSR count). The predicted octanol–water partition coefficient (Wildman–Crippen LogP) is 1.90. The van der Waals surface area contributed by atoms with Crippen LogP contribution in [-0.2, 0) is 14.3 Å². The normalized spacial score (nSPS) is 21.9. The molecule has 3 N–H and O–H groups in total. The van der Waals surface area contributed by atoms with Gasteiger partial charge in [0.1, 0.15) is 11.0 Å². The topological polar surface area (TPSA) is 113 Å². The van der Waals surface area contributed by atoms with Crippen molar-refractivity contribution in [2.45, 2.75) is 39.7 Å². The summed E-state index contributed by atoms with van der Waals surface area (Å²) in [6.07, 6.45) is 1.55. The van der Waals surface area contributed by atoms with Crippen molar-refractivity contribution in [3.63, 3.8) is 0 Å². The molecule has 0 aromatic rings. The van der Waals surface area contributed by atoms with E-state index in [0.29, 0.717) is 0 Å². The van der Waals surface area contributed by atoms with E-state index in [2.05, 4.69) is 5.32 Å². The summed E-state index contributed by atoms with van der Waals surface area (Å²) in [5, 5.41) is 20.7. The molecule has 1 atom stereocenters. The van der Waals surface area contributed by atoms with Gasteiger partial charge in [-0.05, 0) is 39.8 Å². The summed E-state index contributed by atoms with van der Waals surface area (Å²) in [6.45, 7) is 6.40. The summed E-state index contributed by atoms with van der Waals surface area (Å²) in [5.41, 5.74) is -2.19. The number of carbonyl (C=O) groups is 3. The molecule has 1 unspecified atom stereocenters. The van der Waals surface area contributed by atoms with Crippen molar-refractivity contribution in [1.29, 1.82) is 0 Å². The fraction of sp³-hybridized carbons (Fsp3) is 0.500. The smallest absolute Gasteiger partial charge is 0.411 e. The molecule has 0 aliphatic heterocycles. The van der Waals surface area contributed by atoms with Gasteiger partial charge >= 0.3 is 18.0 Å². The maximum absolute atomic E-state index is 11.7. The maximum Gasteiger partial charge on any atom is 0.411 e. The van der Waals surface area contributed by atoms with Crippen molar-refractivity contribution >= 4 is 18.0 Å². The summed E-state index contributed by atoms with van der Waals surface area (Å²) < 4.78 is 5.07. The summed E-state index contributed by atoms with van der Waals surface area (Å²) in [5.74, 6) is -2.41. The van der Waals surface area contributed by atoms with Crippen molar-refractivity contribution in [2.24, 2.45) is 5.41 Å². The van der Waals surface area contributed by atoms with Crippen molar-refractivity contribution in [3.05, 3.63) is 23.4 Å². The fourth-order valence-electron chi connectivity index (χ4n) is 1.83. The van der Waals surface area contributed by atoms with Crippen LogP contribution in [0, 0.1) is 5.41 Å². The number of aliphatic carboxylic acids is 2. The first-order valence-electron chi connectivity index (χ1n) is 6.34. The highest BCUT2D eigenvalue weighted by Gasteiger charge is 2.42. The Bertz CT molecular complexity index is 540. The minimum Gasteiger partial charge on any atom is -0.481 e. The molecular formula is C14H19NO6. The van der Waals surface area contributed by atoms with Crippen LogP contribution >= 0.6 is 0 Å². The predicted molar refractivity (Wildman–Crippen MR) is 73.5 cm³/mol. The Kier molecular flexibility index (Phi) is 4.46. The van der Waals surface area contributed by atoms with Gasteiger partial charge in [-0.25, -0.2) is 9.59 Å². The first kappa shape index (κ1) is 16.7. The Morgan fingerprint density at radius 2 is 1.81 bits per heavy atom. The van der Waals surface area contributed by atoms with Crippen LogP contribution in [0.4, 0.5) is 4.79 Å². The minimum atomic E-state index is -1.53. The lowest BCUT2D eigenvalue weighted by atomic mass is 9.77. The van der Waals surface area contributed by atoms with Crippen molar-refractivity contribution < 1.29 is 29.3 Å². The molecule has 1 aliphatic rings. The quantitative estimate of drug-likeness (QED) is 0.733. The first-order chi connectivity index (χ1) is 9.45. The van der Waals surface area contributed by atoms with Crippen LogP contribution in [0.15, 0.2) is 23.4 Å². The lowest BCUT2D eigenvalue weighted by Gasteiger charge is -2.31. The second-order valence-electron chi connectivity index (χ2n) is 6.02. The molecule has 0 fully saturated rings. The first-order valence-corrected chi connectivity index (χ1v) is 6.34. The highest BCUT2D eigenvalue weighted by molar-refractivity contribution is 5.91. The van der Waals surface area contributed by atoms with Crippen LogP contribution in [0.5, 0.6) is 0 Å². The minimum absolute atomic E-state index is 0.0327.